The molecule has 47 heavy (non-hydrogen) atoms. The molecule has 0 fully saturated rings. The third-order valence-corrected chi connectivity index (χ3v) is 10.2. The van der Waals surface area contributed by atoms with E-state index in [1.54, 1.807) is 0 Å². The van der Waals surface area contributed by atoms with Gasteiger partial charge in [0.15, 0.2) is 0 Å². The van der Waals surface area contributed by atoms with Crippen molar-refractivity contribution in [3.05, 3.63) is 141 Å². The van der Waals surface area contributed by atoms with Crippen LogP contribution < -0.4 is 13.9 Å². The summed E-state index contributed by atoms with van der Waals surface area (Å²) in [5, 5.41) is 0. The van der Waals surface area contributed by atoms with Gasteiger partial charge in [0.25, 0.3) is 0 Å². The molecule has 244 valence electrons. The zero-order valence-corrected chi connectivity index (χ0v) is 29.7. The normalized spacial score (nSPS) is 12.4. The van der Waals surface area contributed by atoms with Crippen LogP contribution in [0.1, 0.15) is 55.4 Å². The van der Waals surface area contributed by atoms with E-state index in [0.717, 1.165) is 17.1 Å². The SMILES string of the molecule is [CH2-][N+](c1cc(-c2ccccc2)ccc1N(c1ccccc1)c1ccc(-c2ccccc2)cc1[N+]([CH2-])(C(C)C)C(C)C)(C(C)C)C(C)C. The lowest BCUT2D eigenvalue weighted by atomic mass is 9.97. The molecule has 0 aromatic heterocycles. The highest BCUT2D eigenvalue weighted by molar-refractivity contribution is 5.92. The van der Waals surface area contributed by atoms with Crippen molar-refractivity contribution in [2.75, 3.05) is 4.90 Å². The second-order valence-electron chi connectivity index (χ2n) is 14.0. The molecule has 0 N–H and O–H groups in total. The van der Waals surface area contributed by atoms with E-state index >= 15 is 0 Å². The quantitative estimate of drug-likeness (QED) is 0.104. The number of anilines is 3. The lowest BCUT2D eigenvalue weighted by Crippen LogP contribution is -2.55. The summed E-state index contributed by atoms with van der Waals surface area (Å²) in [7, 11) is 9.96. The first-order valence-electron chi connectivity index (χ1n) is 17.1. The van der Waals surface area contributed by atoms with Gasteiger partial charge in [-0.1, -0.05) is 91.0 Å². The van der Waals surface area contributed by atoms with Gasteiger partial charge in [-0.05, 0) is 102 Å². The van der Waals surface area contributed by atoms with E-state index in [0.29, 0.717) is 8.97 Å². The first-order chi connectivity index (χ1) is 22.4. The van der Waals surface area contributed by atoms with Crippen molar-refractivity contribution in [2.45, 2.75) is 79.6 Å². The minimum atomic E-state index is 0.242. The van der Waals surface area contributed by atoms with Gasteiger partial charge in [0.2, 0.25) is 0 Å². The topological polar surface area (TPSA) is 3.24 Å². The Labute approximate surface area is 284 Å². The maximum atomic E-state index is 4.98. The van der Waals surface area contributed by atoms with Crippen LogP contribution in [-0.2, 0) is 0 Å². The lowest BCUT2D eigenvalue weighted by Gasteiger charge is -2.52. The predicted molar refractivity (Wildman–Crippen MR) is 207 cm³/mol. The molecule has 0 aliphatic rings. The molecule has 0 heterocycles. The highest BCUT2D eigenvalue weighted by Crippen LogP contribution is 2.51. The average Bonchev–Trinajstić information content (AvgIpc) is 3.08. The molecule has 5 aromatic carbocycles. The molecule has 5 rings (SSSR count). The molecule has 0 aliphatic heterocycles. The summed E-state index contributed by atoms with van der Waals surface area (Å²) in [5.74, 6) is 0. The molecule has 0 aliphatic carbocycles. The third-order valence-electron chi connectivity index (χ3n) is 10.2. The Morgan fingerprint density at radius 2 is 0.723 bits per heavy atom. The van der Waals surface area contributed by atoms with Crippen LogP contribution in [0.5, 0.6) is 0 Å². The molecule has 0 radical (unpaired) electrons. The number of hydrogen-bond acceptors (Lipinski definition) is 1. The fourth-order valence-corrected chi connectivity index (χ4v) is 7.00. The molecule has 0 saturated heterocycles. The molecule has 0 unspecified atom stereocenters. The summed E-state index contributed by atoms with van der Waals surface area (Å²) >= 11 is 0. The molecule has 3 heteroatoms. The van der Waals surface area contributed by atoms with E-state index in [2.05, 4.69) is 188 Å². The van der Waals surface area contributed by atoms with Crippen molar-refractivity contribution >= 4 is 28.4 Å². The second kappa shape index (κ2) is 13.9. The lowest BCUT2D eigenvalue weighted by molar-refractivity contribution is 0.249. The molecule has 0 amide bonds. The van der Waals surface area contributed by atoms with Crippen LogP contribution in [0, 0.1) is 14.1 Å². The molecule has 0 bridgehead atoms. The van der Waals surface area contributed by atoms with E-state index in [1.165, 1.54) is 33.6 Å². The van der Waals surface area contributed by atoms with Crippen LogP contribution >= 0.6 is 0 Å². The van der Waals surface area contributed by atoms with Gasteiger partial charge in [-0.3, -0.25) is 4.90 Å². The number of benzene rings is 5. The zero-order valence-electron chi connectivity index (χ0n) is 29.7. The summed E-state index contributed by atoms with van der Waals surface area (Å²) in [6, 6.07) is 47.0. The monoisotopic (exact) mass is 623 g/mol. The molecule has 5 aromatic rings. The summed E-state index contributed by atoms with van der Waals surface area (Å²) < 4.78 is 1.07. The van der Waals surface area contributed by atoms with Crippen molar-refractivity contribution in [2.24, 2.45) is 0 Å². The van der Waals surface area contributed by atoms with Crippen LogP contribution in [0.3, 0.4) is 0 Å². The van der Waals surface area contributed by atoms with Gasteiger partial charge in [0.05, 0.1) is 24.2 Å². The van der Waals surface area contributed by atoms with Crippen LogP contribution in [0.4, 0.5) is 28.4 Å². The van der Waals surface area contributed by atoms with E-state index in [1.807, 2.05) is 0 Å². The van der Waals surface area contributed by atoms with Gasteiger partial charge in [0.1, 0.15) is 22.7 Å². The van der Waals surface area contributed by atoms with Gasteiger partial charge < -0.3 is 8.97 Å². The fraction of sp³-hybridized carbons (Fsp3) is 0.273. The Bertz CT molecular complexity index is 1630. The first kappa shape index (κ1) is 34.2. The zero-order chi connectivity index (χ0) is 33.9. The Morgan fingerprint density at radius 1 is 0.404 bits per heavy atom. The average molecular weight is 624 g/mol. The standard InChI is InChI=1S/C44H53N3/c1-32(2)46(9,33(3)4)43-30-38(36-20-14-11-15-21-36)26-28-41(43)45(40-24-18-13-19-25-40)42-29-27-39(37-22-16-12-17-23-37)31-44(42)47(10,34(5)6)35(7)8/h11-35H,9-10H2,1-8H3. The Kier molecular flexibility index (Phi) is 10.1. The Hall–Kier alpha value is -4.18. The Balaban J connectivity index is 1.90. The predicted octanol–water partition coefficient (Wildman–Crippen LogP) is 12.3. The summed E-state index contributed by atoms with van der Waals surface area (Å²) in [6.45, 7) is 18.3. The molecule has 0 atom stereocenters. The fourth-order valence-electron chi connectivity index (χ4n) is 7.00. The van der Waals surface area contributed by atoms with Gasteiger partial charge in [-0.2, -0.15) is 0 Å². The third kappa shape index (κ3) is 6.40. The van der Waals surface area contributed by atoms with E-state index < -0.39 is 0 Å². The van der Waals surface area contributed by atoms with E-state index in [4.69, 9.17) is 14.1 Å². The molecular formula is C44H53N3. The molecule has 0 saturated carbocycles. The van der Waals surface area contributed by atoms with Crippen molar-refractivity contribution in [1.82, 2.24) is 8.97 Å². The number of hydrogen-bond donors (Lipinski definition) is 0. The van der Waals surface area contributed by atoms with Gasteiger partial charge in [-0.25, -0.2) is 0 Å². The van der Waals surface area contributed by atoms with Gasteiger partial charge in [0, 0.05) is 17.8 Å². The maximum absolute atomic E-state index is 4.98. The number of rotatable bonds is 11. The summed E-state index contributed by atoms with van der Waals surface area (Å²) in [6.07, 6.45) is 0. The van der Waals surface area contributed by atoms with Gasteiger partial charge in [-0.15, -0.1) is 14.1 Å². The van der Waals surface area contributed by atoms with Crippen LogP contribution in [0.15, 0.2) is 127 Å². The molecular weight excluding hydrogens is 571 g/mol. The van der Waals surface area contributed by atoms with Crippen molar-refractivity contribution in [3.8, 4) is 22.3 Å². The minimum Gasteiger partial charge on any atom is -0.418 e. The Morgan fingerprint density at radius 3 is 1.04 bits per heavy atom. The summed E-state index contributed by atoms with van der Waals surface area (Å²) in [5.41, 5.74) is 10.5. The maximum Gasteiger partial charge on any atom is 0.131 e. The number of para-hydroxylation sites is 1. The molecule has 3 nitrogen and oxygen atoms in total. The number of nitrogens with zero attached hydrogens (tertiary/aromatic N) is 3. The largest absolute Gasteiger partial charge is 0.418 e. The van der Waals surface area contributed by atoms with E-state index in [9.17, 15) is 0 Å². The highest BCUT2D eigenvalue weighted by atomic mass is 15.4. The van der Waals surface area contributed by atoms with Crippen molar-refractivity contribution in [1.29, 1.82) is 0 Å². The molecule has 0 spiro atoms. The highest BCUT2D eigenvalue weighted by Gasteiger charge is 2.36. The van der Waals surface area contributed by atoms with Gasteiger partial charge >= 0.3 is 0 Å². The van der Waals surface area contributed by atoms with E-state index in [-0.39, 0.29) is 24.2 Å². The van der Waals surface area contributed by atoms with Crippen LogP contribution in [0.2, 0.25) is 0 Å². The smallest absolute Gasteiger partial charge is 0.131 e. The van der Waals surface area contributed by atoms with Crippen molar-refractivity contribution < 1.29 is 0 Å². The summed E-state index contributed by atoms with van der Waals surface area (Å²) in [4.78, 5) is 2.46. The first-order valence-corrected chi connectivity index (χ1v) is 17.1. The second-order valence-corrected chi connectivity index (χ2v) is 14.0. The van der Waals surface area contributed by atoms with Crippen molar-refractivity contribution in [3.63, 3.8) is 0 Å². The van der Waals surface area contributed by atoms with Crippen LogP contribution in [-0.4, -0.2) is 24.2 Å². The van der Waals surface area contributed by atoms with Crippen LogP contribution in [0.25, 0.3) is 22.3 Å². The minimum absolute atomic E-state index is 0.242. The number of quaternary nitrogens is 2.